The number of para-hydroxylation sites is 3. The lowest BCUT2D eigenvalue weighted by atomic mass is 9.58. The van der Waals surface area contributed by atoms with Crippen LogP contribution >= 0.6 is 0 Å². The maximum Gasteiger partial charge on any atom is 0.134 e. The van der Waals surface area contributed by atoms with Crippen LogP contribution < -0.4 is 9.64 Å². The summed E-state index contributed by atoms with van der Waals surface area (Å²) in [4.78, 5) is 2.44. The summed E-state index contributed by atoms with van der Waals surface area (Å²) in [5.41, 5.74) is 20.9. The van der Waals surface area contributed by atoms with Gasteiger partial charge in [0.2, 0.25) is 0 Å². The van der Waals surface area contributed by atoms with Gasteiger partial charge in [0.15, 0.2) is 0 Å². The molecule has 71 heavy (non-hydrogen) atoms. The minimum absolute atomic E-state index is 0.117. The van der Waals surface area contributed by atoms with Crippen LogP contribution in [-0.4, -0.2) is 4.57 Å². The van der Waals surface area contributed by atoms with E-state index in [0.717, 1.165) is 45.4 Å². The Morgan fingerprint density at radius 1 is 0.352 bits per heavy atom. The second-order valence-corrected chi connectivity index (χ2v) is 20.0. The molecule has 1 atom stereocenters. The molecule has 1 aliphatic heterocycles. The molecule has 15 rings (SSSR count). The Balaban J connectivity index is 0.991. The first-order valence-electron chi connectivity index (χ1n) is 24.7. The number of aromatic nitrogens is 1. The van der Waals surface area contributed by atoms with Gasteiger partial charge < -0.3 is 14.2 Å². The van der Waals surface area contributed by atoms with Gasteiger partial charge in [-0.25, -0.2) is 0 Å². The number of anilines is 3. The highest BCUT2D eigenvalue weighted by molar-refractivity contribution is 6.12. The zero-order valence-electron chi connectivity index (χ0n) is 39.4. The number of hydrogen-bond donors (Lipinski definition) is 0. The predicted molar refractivity (Wildman–Crippen MR) is 293 cm³/mol. The van der Waals surface area contributed by atoms with Crippen molar-refractivity contribution in [3.8, 4) is 50.6 Å². The van der Waals surface area contributed by atoms with E-state index in [4.69, 9.17) is 4.74 Å². The smallest absolute Gasteiger partial charge is 0.134 e. The molecule has 11 aromatic carbocycles. The van der Waals surface area contributed by atoms with Gasteiger partial charge >= 0.3 is 0 Å². The summed E-state index contributed by atoms with van der Waals surface area (Å²) in [6.45, 7) is 4.70. The summed E-state index contributed by atoms with van der Waals surface area (Å²) in [5.74, 6) is 1.71. The number of nitrogens with zero attached hydrogens (tertiary/aromatic N) is 2. The van der Waals surface area contributed by atoms with Gasteiger partial charge in [-0.3, -0.25) is 0 Å². The van der Waals surface area contributed by atoms with E-state index in [0.29, 0.717) is 0 Å². The maximum absolute atomic E-state index is 7.26. The van der Waals surface area contributed by atoms with Gasteiger partial charge in [0, 0.05) is 56.1 Å². The van der Waals surface area contributed by atoms with Crippen molar-refractivity contribution in [3.05, 3.63) is 276 Å². The molecule has 3 aliphatic rings. The molecule has 1 spiro atoms. The molecule has 0 amide bonds. The fourth-order valence-electron chi connectivity index (χ4n) is 13.0. The van der Waals surface area contributed by atoms with Crippen molar-refractivity contribution in [1.29, 1.82) is 0 Å². The lowest BCUT2D eigenvalue weighted by molar-refractivity contribution is 0.435. The van der Waals surface area contributed by atoms with Gasteiger partial charge in [0.25, 0.3) is 0 Å². The van der Waals surface area contributed by atoms with Crippen molar-refractivity contribution in [1.82, 2.24) is 4.57 Å². The molecule has 1 aromatic heterocycles. The zero-order chi connectivity index (χ0) is 47.0. The number of hydrogen-bond acceptors (Lipinski definition) is 2. The van der Waals surface area contributed by atoms with E-state index in [9.17, 15) is 0 Å². The molecule has 1 unspecified atom stereocenters. The first kappa shape index (κ1) is 40.0. The van der Waals surface area contributed by atoms with E-state index >= 15 is 0 Å². The minimum Gasteiger partial charge on any atom is -0.457 e. The SMILES string of the molecule is CC1(C)c2ccccc2-c2cc(N(c3ccc4c(c3)Oc3ccccc3C43c4ccccc4-c4cccc5c(-c6ccccc6)ccc3c45)c3ccc4c(c3)c3ccccc3n4-c3ccccc3)ccc21. The highest BCUT2D eigenvalue weighted by Crippen LogP contribution is 2.62. The number of benzene rings is 11. The third kappa shape index (κ3) is 5.49. The van der Waals surface area contributed by atoms with E-state index in [-0.39, 0.29) is 5.41 Å². The van der Waals surface area contributed by atoms with Gasteiger partial charge in [-0.1, -0.05) is 190 Å². The largest absolute Gasteiger partial charge is 0.457 e. The van der Waals surface area contributed by atoms with E-state index in [1.165, 1.54) is 88.2 Å². The Morgan fingerprint density at radius 3 is 1.75 bits per heavy atom. The monoisotopic (exact) mass is 906 g/mol. The van der Waals surface area contributed by atoms with Crippen molar-refractivity contribution < 1.29 is 4.74 Å². The minimum atomic E-state index is -0.674. The van der Waals surface area contributed by atoms with Crippen LogP contribution in [0.3, 0.4) is 0 Å². The fourth-order valence-corrected chi connectivity index (χ4v) is 13.0. The van der Waals surface area contributed by atoms with Crippen molar-refractivity contribution in [3.63, 3.8) is 0 Å². The Bertz CT molecular complexity index is 4180. The van der Waals surface area contributed by atoms with Gasteiger partial charge in [0.1, 0.15) is 11.5 Å². The maximum atomic E-state index is 7.26. The fraction of sp³-hybridized carbons (Fsp3) is 0.0588. The molecule has 12 aromatic rings. The normalized spacial score (nSPS) is 15.5. The molecule has 0 radical (unpaired) electrons. The molecule has 3 heteroatoms. The average molecular weight is 907 g/mol. The number of ether oxygens (including phenoxy) is 1. The quantitative estimate of drug-likeness (QED) is 0.171. The molecule has 0 N–H and O–H groups in total. The van der Waals surface area contributed by atoms with Crippen LogP contribution in [0.1, 0.15) is 47.2 Å². The van der Waals surface area contributed by atoms with Crippen molar-refractivity contribution in [2.45, 2.75) is 24.7 Å². The molecule has 0 saturated carbocycles. The third-order valence-corrected chi connectivity index (χ3v) is 16.0. The molecular weight excluding hydrogens is 861 g/mol. The van der Waals surface area contributed by atoms with Crippen LogP contribution in [0.25, 0.3) is 71.6 Å². The molecule has 334 valence electrons. The molecule has 0 saturated heterocycles. The molecule has 0 bridgehead atoms. The van der Waals surface area contributed by atoms with Gasteiger partial charge in [-0.2, -0.15) is 0 Å². The molecule has 2 aliphatic carbocycles. The molecule has 3 nitrogen and oxygen atoms in total. The lowest BCUT2D eigenvalue weighted by Gasteiger charge is -2.45. The Labute approximate surface area is 413 Å². The third-order valence-electron chi connectivity index (χ3n) is 16.0. The summed E-state index contributed by atoms with van der Waals surface area (Å²) in [6, 6.07) is 89.7. The van der Waals surface area contributed by atoms with Gasteiger partial charge in [-0.15, -0.1) is 0 Å². The first-order chi connectivity index (χ1) is 35.0. The van der Waals surface area contributed by atoms with Crippen LogP contribution in [0.15, 0.2) is 243 Å². The first-order valence-corrected chi connectivity index (χ1v) is 24.7. The van der Waals surface area contributed by atoms with E-state index in [1.54, 1.807) is 0 Å². The highest BCUT2D eigenvalue weighted by Gasteiger charge is 2.50. The van der Waals surface area contributed by atoms with Crippen molar-refractivity contribution >= 4 is 49.6 Å². The van der Waals surface area contributed by atoms with Crippen LogP contribution in [0.2, 0.25) is 0 Å². The van der Waals surface area contributed by atoms with E-state index in [2.05, 4.69) is 266 Å². The molecule has 2 heterocycles. The Morgan fingerprint density at radius 2 is 0.915 bits per heavy atom. The summed E-state index contributed by atoms with van der Waals surface area (Å²) < 4.78 is 9.65. The summed E-state index contributed by atoms with van der Waals surface area (Å²) >= 11 is 0. The summed E-state index contributed by atoms with van der Waals surface area (Å²) in [7, 11) is 0. The number of fused-ring (bicyclic) bond motifs is 14. The average Bonchev–Trinajstić information content (AvgIpc) is 3.87. The molecule has 0 fully saturated rings. The zero-order valence-corrected chi connectivity index (χ0v) is 39.4. The van der Waals surface area contributed by atoms with E-state index in [1.807, 2.05) is 0 Å². The summed E-state index contributed by atoms with van der Waals surface area (Å²) in [6.07, 6.45) is 0. The molecular formula is C68H46N2O. The van der Waals surface area contributed by atoms with Crippen LogP contribution in [0, 0.1) is 0 Å². The Kier molecular flexibility index (Phi) is 8.34. The topological polar surface area (TPSA) is 17.4 Å². The second-order valence-electron chi connectivity index (χ2n) is 20.0. The van der Waals surface area contributed by atoms with Crippen molar-refractivity contribution in [2.24, 2.45) is 0 Å². The van der Waals surface area contributed by atoms with Crippen LogP contribution in [0.5, 0.6) is 11.5 Å². The lowest BCUT2D eigenvalue weighted by Crippen LogP contribution is -2.36. The standard InChI is InChI=1S/C68H46N2O/c1-67(2)56-27-12-9-23-50(56)54-40-45(32-36-57(54)67)69(46-34-39-63-55(41-46)51-24-11-15-30-62(51)70(63)44-20-7-4-8-21-44)47-33-37-60-65(42-47)71-64-31-16-14-29-59(64)68(60)58-28-13-10-22-49(58)53-26-17-25-52-48(35-38-61(68)66(52)53)43-18-5-3-6-19-43/h3-42H,1-2H3. The van der Waals surface area contributed by atoms with E-state index < -0.39 is 5.41 Å². The van der Waals surface area contributed by atoms with Crippen molar-refractivity contribution in [2.75, 3.05) is 4.90 Å². The second kappa shape index (κ2) is 14.8. The van der Waals surface area contributed by atoms with Gasteiger partial charge in [0.05, 0.1) is 16.4 Å². The highest BCUT2D eigenvalue weighted by atomic mass is 16.5. The summed E-state index contributed by atoms with van der Waals surface area (Å²) in [5, 5.41) is 4.94. The van der Waals surface area contributed by atoms with Crippen LogP contribution in [-0.2, 0) is 10.8 Å². The van der Waals surface area contributed by atoms with Gasteiger partial charge in [-0.05, 0) is 127 Å². The number of rotatable bonds is 5. The van der Waals surface area contributed by atoms with Crippen LogP contribution in [0.4, 0.5) is 17.1 Å². The Hall–Kier alpha value is -8.92. The predicted octanol–water partition coefficient (Wildman–Crippen LogP) is 17.8.